The first kappa shape index (κ1) is 13.6. The minimum absolute atomic E-state index is 0.140. The summed E-state index contributed by atoms with van der Waals surface area (Å²) in [5.41, 5.74) is 6.72. The molecule has 1 heteroatoms. The van der Waals surface area contributed by atoms with Crippen LogP contribution >= 0.6 is 0 Å². The molecule has 1 aliphatic carbocycles. The number of hydrogen-bond donors (Lipinski definition) is 1. The van der Waals surface area contributed by atoms with Crippen LogP contribution in [0.5, 0.6) is 0 Å². The molecule has 1 aliphatic rings. The summed E-state index contributed by atoms with van der Waals surface area (Å²) in [5.74, 6) is 0. The SMILES string of the molecule is OCc1ccccc1.c1ccc2c(c1)Cc1ccccc1-2. The third-order valence-electron chi connectivity index (χ3n) is 3.73. The Hall–Kier alpha value is -2.38. The predicted molar refractivity (Wildman–Crippen MR) is 87.0 cm³/mol. The van der Waals surface area contributed by atoms with Gasteiger partial charge in [-0.05, 0) is 34.2 Å². The number of aliphatic hydroxyl groups excluding tert-OH is 1. The highest BCUT2D eigenvalue weighted by atomic mass is 16.3. The lowest BCUT2D eigenvalue weighted by Crippen LogP contribution is -1.77. The third-order valence-corrected chi connectivity index (χ3v) is 3.73. The fraction of sp³-hybridized carbons (Fsp3) is 0.100. The molecule has 1 N–H and O–H groups in total. The van der Waals surface area contributed by atoms with Crippen molar-refractivity contribution < 1.29 is 5.11 Å². The Morgan fingerprint density at radius 2 is 1.10 bits per heavy atom. The summed E-state index contributed by atoms with van der Waals surface area (Å²) < 4.78 is 0. The van der Waals surface area contributed by atoms with E-state index < -0.39 is 0 Å². The summed E-state index contributed by atoms with van der Waals surface area (Å²) >= 11 is 0. The van der Waals surface area contributed by atoms with Crippen LogP contribution in [0, 0.1) is 0 Å². The zero-order valence-corrected chi connectivity index (χ0v) is 11.9. The van der Waals surface area contributed by atoms with Gasteiger partial charge >= 0.3 is 0 Å². The van der Waals surface area contributed by atoms with Crippen LogP contribution in [0.3, 0.4) is 0 Å². The molecule has 104 valence electrons. The number of benzene rings is 3. The van der Waals surface area contributed by atoms with E-state index in [4.69, 9.17) is 5.11 Å². The molecule has 0 atom stereocenters. The van der Waals surface area contributed by atoms with Crippen LogP contribution in [-0.2, 0) is 13.0 Å². The van der Waals surface area contributed by atoms with Crippen molar-refractivity contribution in [2.45, 2.75) is 13.0 Å². The van der Waals surface area contributed by atoms with Crippen molar-refractivity contribution in [2.24, 2.45) is 0 Å². The van der Waals surface area contributed by atoms with Crippen molar-refractivity contribution in [1.82, 2.24) is 0 Å². The van der Waals surface area contributed by atoms with Crippen LogP contribution in [0.1, 0.15) is 16.7 Å². The normalized spacial score (nSPS) is 11.1. The lowest BCUT2D eigenvalue weighted by Gasteiger charge is -1.98. The molecule has 0 saturated carbocycles. The second-order valence-corrected chi connectivity index (χ2v) is 5.13. The lowest BCUT2D eigenvalue weighted by atomic mass is 10.1. The summed E-state index contributed by atoms with van der Waals surface area (Å²) in [6.07, 6.45) is 1.10. The lowest BCUT2D eigenvalue weighted by molar-refractivity contribution is 0.282. The summed E-state index contributed by atoms with van der Waals surface area (Å²) in [5, 5.41) is 8.54. The van der Waals surface area contributed by atoms with Crippen LogP contribution < -0.4 is 0 Å². The molecule has 1 nitrogen and oxygen atoms in total. The number of rotatable bonds is 1. The van der Waals surface area contributed by atoms with Gasteiger partial charge in [0.2, 0.25) is 0 Å². The highest BCUT2D eigenvalue weighted by Crippen LogP contribution is 2.35. The Morgan fingerprint density at radius 3 is 1.57 bits per heavy atom. The van der Waals surface area contributed by atoms with Crippen LogP contribution in [0.4, 0.5) is 0 Å². The third kappa shape index (κ3) is 3.04. The predicted octanol–water partition coefficient (Wildman–Crippen LogP) is 4.44. The number of aliphatic hydroxyl groups is 1. The van der Waals surface area contributed by atoms with E-state index in [9.17, 15) is 0 Å². The summed E-state index contributed by atoms with van der Waals surface area (Å²) in [7, 11) is 0. The van der Waals surface area contributed by atoms with E-state index in [1.807, 2.05) is 30.3 Å². The van der Waals surface area contributed by atoms with E-state index in [1.165, 1.54) is 22.3 Å². The van der Waals surface area contributed by atoms with E-state index in [2.05, 4.69) is 48.5 Å². The maximum Gasteiger partial charge on any atom is 0.0681 e. The van der Waals surface area contributed by atoms with Crippen molar-refractivity contribution in [3.8, 4) is 11.1 Å². The largest absolute Gasteiger partial charge is 0.392 e. The van der Waals surface area contributed by atoms with Gasteiger partial charge in [0.05, 0.1) is 6.61 Å². The molecule has 3 aromatic rings. The van der Waals surface area contributed by atoms with Crippen molar-refractivity contribution >= 4 is 0 Å². The molecule has 0 spiro atoms. The molecule has 0 radical (unpaired) electrons. The molecule has 21 heavy (non-hydrogen) atoms. The molecule has 0 amide bonds. The summed E-state index contributed by atoms with van der Waals surface area (Å²) in [6.45, 7) is 0.140. The van der Waals surface area contributed by atoms with Crippen molar-refractivity contribution in [1.29, 1.82) is 0 Å². The molecule has 0 bridgehead atoms. The summed E-state index contributed by atoms with van der Waals surface area (Å²) in [4.78, 5) is 0. The molecule has 0 aliphatic heterocycles. The Kier molecular flexibility index (Phi) is 4.13. The minimum atomic E-state index is 0.140. The highest BCUT2D eigenvalue weighted by molar-refractivity contribution is 5.76. The van der Waals surface area contributed by atoms with Crippen molar-refractivity contribution in [3.05, 3.63) is 95.6 Å². The first-order valence-electron chi connectivity index (χ1n) is 7.19. The Balaban J connectivity index is 0.000000143. The van der Waals surface area contributed by atoms with E-state index >= 15 is 0 Å². The van der Waals surface area contributed by atoms with E-state index in [0.29, 0.717) is 0 Å². The Bertz CT molecular complexity index is 673. The van der Waals surface area contributed by atoms with Gasteiger partial charge in [0, 0.05) is 0 Å². The number of hydrogen-bond acceptors (Lipinski definition) is 1. The molecule has 0 saturated heterocycles. The van der Waals surface area contributed by atoms with E-state index in [0.717, 1.165) is 12.0 Å². The molecule has 4 rings (SSSR count). The van der Waals surface area contributed by atoms with Crippen molar-refractivity contribution in [2.75, 3.05) is 0 Å². The zero-order valence-electron chi connectivity index (χ0n) is 11.9. The van der Waals surface area contributed by atoms with Crippen LogP contribution in [0.25, 0.3) is 11.1 Å². The maximum absolute atomic E-state index is 8.54. The molecule has 0 heterocycles. The second kappa shape index (κ2) is 6.38. The Labute approximate surface area is 125 Å². The van der Waals surface area contributed by atoms with E-state index in [1.54, 1.807) is 0 Å². The quantitative estimate of drug-likeness (QED) is 0.544. The van der Waals surface area contributed by atoms with Crippen LogP contribution in [0.2, 0.25) is 0 Å². The van der Waals surface area contributed by atoms with Gasteiger partial charge in [0.15, 0.2) is 0 Å². The molecule has 0 unspecified atom stereocenters. The van der Waals surface area contributed by atoms with Crippen molar-refractivity contribution in [3.63, 3.8) is 0 Å². The average molecular weight is 274 g/mol. The smallest absolute Gasteiger partial charge is 0.0681 e. The van der Waals surface area contributed by atoms with Gasteiger partial charge in [0.1, 0.15) is 0 Å². The van der Waals surface area contributed by atoms with Gasteiger partial charge < -0.3 is 5.11 Å². The fourth-order valence-corrected chi connectivity index (χ4v) is 2.66. The highest BCUT2D eigenvalue weighted by Gasteiger charge is 2.15. The average Bonchev–Trinajstić information content (AvgIpc) is 2.95. The number of fused-ring (bicyclic) bond motifs is 3. The zero-order chi connectivity index (χ0) is 14.5. The topological polar surface area (TPSA) is 20.2 Å². The fourth-order valence-electron chi connectivity index (χ4n) is 2.66. The standard InChI is InChI=1S/C13H10.C7H8O/c1-3-7-12-10(5-1)9-11-6-2-4-8-13(11)12;8-6-7-4-2-1-3-5-7/h1-8H,9H2;1-5,8H,6H2. The van der Waals surface area contributed by atoms with Gasteiger partial charge in [-0.25, -0.2) is 0 Å². The Morgan fingerprint density at radius 1 is 0.619 bits per heavy atom. The minimum Gasteiger partial charge on any atom is -0.392 e. The first-order valence-corrected chi connectivity index (χ1v) is 7.19. The van der Waals surface area contributed by atoms with Crippen LogP contribution in [0.15, 0.2) is 78.9 Å². The van der Waals surface area contributed by atoms with Gasteiger partial charge in [-0.1, -0.05) is 78.9 Å². The molecule has 0 aromatic heterocycles. The van der Waals surface area contributed by atoms with Gasteiger partial charge in [-0.3, -0.25) is 0 Å². The first-order chi connectivity index (χ1) is 10.4. The molecule has 3 aromatic carbocycles. The van der Waals surface area contributed by atoms with Gasteiger partial charge in [-0.15, -0.1) is 0 Å². The summed E-state index contributed by atoms with van der Waals surface area (Å²) in [6, 6.07) is 26.8. The monoisotopic (exact) mass is 274 g/mol. The van der Waals surface area contributed by atoms with Gasteiger partial charge in [-0.2, -0.15) is 0 Å². The molecular formula is C20H18O. The molecular weight excluding hydrogens is 256 g/mol. The maximum atomic E-state index is 8.54. The van der Waals surface area contributed by atoms with E-state index in [-0.39, 0.29) is 6.61 Å². The van der Waals surface area contributed by atoms with Gasteiger partial charge in [0.25, 0.3) is 0 Å². The molecule has 0 fully saturated rings. The second-order valence-electron chi connectivity index (χ2n) is 5.13. The van der Waals surface area contributed by atoms with Crippen LogP contribution in [-0.4, -0.2) is 5.11 Å².